The van der Waals surface area contributed by atoms with Gasteiger partial charge in [0.2, 0.25) is 11.8 Å². The zero-order valence-electron chi connectivity index (χ0n) is 15.5. The average molecular weight is 373 g/mol. The van der Waals surface area contributed by atoms with E-state index in [2.05, 4.69) is 25.6 Å². The number of likely N-dealkylation sites (N-methyl/N-ethyl adjacent to an activating group) is 1. The molecule has 1 aliphatic heterocycles. The van der Waals surface area contributed by atoms with E-state index in [-0.39, 0.29) is 30.7 Å². The zero-order valence-corrected chi connectivity index (χ0v) is 15.5. The van der Waals surface area contributed by atoms with Crippen molar-refractivity contribution in [3.8, 4) is 11.5 Å². The summed E-state index contributed by atoms with van der Waals surface area (Å²) in [5, 5.41) is 20.7. The lowest BCUT2D eigenvalue weighted by Gasteiger charge is -2.29. The highest BCUT2D eigenvalue weighted by atomic mass is 16.3. The molecule has 3 rings (SSSR count). The Bertz CT molecular complexity index is 808. The fraction of sp³-hybridized carbons (Fsp3) is 0.529. The monoisotopic (exact) mass is 373 g/mol. The lowest BCUT2D eigenvalue weighted by molar-refractivity contribution is -0.142. The van der Waals surface area contributed by atoms with Gasteiger partial charge in [0.1, 0.15) is 17.8 Å². The highest BCUT2D eigenvalue weighted by molar-refractivity contribution is 5.89. The summed E-state index contributed by atoms with van der Waals surface area (Å²) in [5.41, 5.74) is 0.457. The van der Waals surface area contributed by atoms with Crippen LogP contribution < -0.4 is 5.32 Å². The Balaban J connectivity index is 1.88. The van der Waals surface area contributed by atoms with Gasteiger partial charge in [-0.3, -0.25) is 9.59 Å². The third-order valence-electron chi connectivity index (χ3n) is 4.59. The maximum absolute atomic E-state index is 13.2. The number of likely N-dealkylation sites (tertiary alicyclic amines) is 1. The van der Waals surface area contributed by atoms with Crippen molar-refractivity contribution < 1.29 is 14.7 Å². The summed E-state index contributed by atoms with van der Waals surface area (Å²) in [6.07, 6.45) is 4.32. The second kappa shape index (κ2) is 7.78. The summed E-state index contributed by atoms with van der Waals surface area (Å²) < 4.78 is 1.48. The smallest absolute Gasteiger partial charge is 0.248 e. The van der Waals surface area contributed by atoms with E-state index in [4.69, 9.17) is 0 Å². The molecule has 0 aromatic carbocycles. The Labute approximate surface area is 156 Å². The lowest BCUT2D eigenvalue weighted by atomic mass is 10.0. The van der Waals surface area contributed by atoms with Crippen LogP contribution in [0.1, 0.15) is 26.3 Å². The molecule has 2 aromatic heterocycles. The van der Waals surface area contributed by atoms with E-state index >= 15 is 0 Å². The molecule has 27 heavy (non-hydrogen) atoms. The SMILES string of the molecule is CNC(=O)[C@@H]1C[C@@H](O)CN1C(=O)C(C(C)C)n1cc(-c2ncccn2)nn1. The van der Waals surface area contributed by atoms with Crippen LogP contribution in [0, 0.1) is 5.92 Å². The molecule has 2 N–H and O–H groups in total. The number of nitrogens with zero attached hydrogens (tertiary/aromatic N) is 6. The largest absolute Gasteiger partial charge is 0.391 e. The summed E-state index contributed by atoms with van der Waals surface area (Å²) in [7, 11) is 1.51. The summed E-state index contributed by atoms with van der Waals surface area (Å²) in [4.78, 5) is 35.0. The number of carbonyl (C=O) groups is 2. The van der Waals surface area contributed by atoms with Crippen molar-refractivity contribution in [2.45, 2.75) is 38.5 Å². The second-order valence-electron chi connectivity index (χ2n) is 6.86. The normalized spacial score (nSPS) is 20.7. The fourth-order valence-electron chi connectivity index (χ4n) is 3.29. The van der Waals surface area contributed by atoms with E-state index in [0.29, 0.717) is 11.5 Å². The minimum absolute atomic E-state index is 0.105. The number of hydrogen-bond acceptors (Lipinski definition) is 7. The van der Waals surface area contributed by atoms with Crippen LogP contribution in [0.25, 0.3) is 11.5 Å². The van der Waals surface area contributed by atoms with Gasteiger partial charge in [-0.25, -0.2) is 14.6 Å². The van der Waals surface area contributed by atoms with Crippen molar-refractivity contribution in [3.05, 3.63) is 24.7 Å². The predicted octanol–water partition coefficient (Wildman–Crippen LogP) is -0.360. The Hall–Kier alpha value is -2.88. The van der Waals surface area contributed by atoms with Gasteiger partial charge in [-0.2, -0.15) is 0 Å². The van der Waals surface area contributed by atoms with Crippen molar-refractivity contribution in [1.29, 1.82) is 0 Å². The molecular weight excluding hydrogens is 350 g/mol. The number of β-amino-alcohol motifs (C(OH)–C–C–N with tert-alkyl or cyclic N) is 1. The van der Waals surface area contributed by atoms with Crippen molar-refractivity contribution in [2.24, 2.45) is 5.92 Å². The van der Waals surface area contributed by atoms with Gasteiger partial charge in [-0.05, 0) is 12.0 Å². The molecule has 0 saturated carbocycles. The fourth-order valence-corrected chi connectivity index (χ4v) is 3.29. The van der Waals surface area contributed by atoms with E-state index in [9.17, 15) is 14.7 Å². The van der Waals surface area contributed by atoms with E-state index in [1.807, 2.05) is 13.8 Å². The maximum atomic E-state index is 13.2. The first kappa shape index (κ1) is 18.9. The number of carbonyl (C=O) groups excluding carboxylic acids is 2. The predicted molar refractivity (Wildman–Crippen MR) is 95.1 cm³/mol. The maximum Gasteiger partial charge on any atom is 0.248 e. The van der Waals surface area contributed by atoms with Crippen LogP contribution in [0.3, 0.4) is 0 Å². The highest BCUT2D eigenvalue weighted by Gasteiger charge is 2.42. The number of hydrogen-bond donors (Lipinski definition) is 2. The second-order valence-corrected chi connectivity index (χ2v) is 6.86. The van der Waals surface area contributed by atoms with Gasteiger partial charge in [0.15, 0.2) is 5.82 Å². The summed E-state index contributed by atoms with van der Waals surface area (Å²) >= 11 is 0. The van der Waals surface area contributed by atoms with Crippen LogP contribution in [0.5, 0.6) is 0 Å². The van der Waals surface area contributed by atoms with Crippen molar-refractivity contribution in [2.75, 3.05) is 13.6 Å². The summed E-state index contributed by atoms with van der Waals surface area (Å²) in [5.74, 6) is -0.259. The summed E-state index contributed by atoms with van der Waals surface area (Å²) in [6, 6.07) is 0.345. The molecular formula is C17H23N7O3. The van der Waals surface area contributed by atoms with Gasteiger partial charge < -0.3 is 15.3 Å². The molecule has 1 fully saturated rings. The number of aromatic nitrogens is 5. The van der Waals surface area contributed by atoms with Crippen LogP contribution in [-0.4, -0.2) is 72.5 Å². The quantitative estimate of drug-likeness (QED) is 0.733. The Kier molecular flexibility index (Phi) is 5.45. The molecule has 0 bridgehead atoms. The molecule has 1 unspecified atom stereocenters. The number of rotatable bonds is 5. The van der Waals surface area contributed by atoms with Crippen LogP contribution in [0.4, 0.5) is 0 Å². The Morgan fingerprint density at radius 1 is 1.30 bits per heavy atom. The molecule has 3 heterocycles. The minimum Gasteiger partial charge on any atom is -0.391 e. The number of aliphatic hydroxyl groups excluding tert-OH is 1. The molecule has 10 nitrogen and oxygen atoms in total. The molecule has 0 aliphatic carbocycles. The Morgan fingerprint density at radius 3 is 2.63 bits per heavy atom. The van der Waals surface area contributed by atoms with Crippen LogP contribution in [0.2, 0.25) is 0 Å². The molecule has 1 aliphatic rings. The Morgan fingerprint density at radius 2 is 2.00 bits per heavy atom. The molecule has 0 spiro atoms. The molecule has 10 heteroatoms. The van der Waals surface area contributed by atoms with E-state index in [1.165, 1.54) is 16.6 Å². The third kappa shape index (κ3) is 3.80. The molecule has 0 radical (unpaired) electrons. The third-order valence-corrected chi connectivity index (χ3v) is 4.59. The number of amides is 2. The van der Waals surface area contributed by atoms with Crippen molar-refractivity contribution in [3.63, 3.8) is 0 Å². The van der Waals surface area contributed by atoms with E-state index in [0.717, 1.165) is 0 Å². The van der Waals surface area contributed by atoms with Gasteiger partial charge in [-0.1, -0.05) is 19.1 Å². The standard InChI is InChI=1S/C17H23N7O3/c1-10(2)14(17(27)23-8-11(25)7-13(23)16(26)18-3)24-9-12(21-22-24)15-19-5-4-6-20-15/h4-6,9-11,13-14,25H,7-8H2,1-3H3,(H,18,26)/t11-,13+,14?/m1/s1. The molecule has 2 amide bonds. The molecule has 144 valence electrons. The van der Waals surface area contributed by atoms with Crippen molar-refractivity contribution in [1.82, 2.24) is 35.2 Å². The van der Waals surface area contributed by atoms with Crippen LogP contribution in [-0.2, 0) is 9.59 Å². The summed E-state index contributed by atoms with van der Waals surface area (Å²) in [6.45, 7) is 3.90. The van der Waals surface area contributed by atoms with Gasteiger partial charge >= 0.3 is 0 Å². The van der Waals surface area contributed by atoms with Gasteiger partial charge in [0.25, 0.3) is 0 Å². The molecule has 3 atom stereocenters. The lowest BCUT2D eigenvalue weighted by Crippen LogP contribution is -2.48. The van der Waals surface area contributed by atoms with Gasteiger partial charge in [0.05, 0.1) is 12.3 Å². The van der Waals surface area contributed by atoms with Crippen LogP contribution >= 0.6 is 0 Å². The first-order chi connectivity index (χ1) is 12.9. The number of aliphatic hydroxyl groups is 1. The van der Waals surface area contributed by atoms with Gasteiger partial charge in [0, 0.05) is 32.4 Å². The highest BCUT2D eigenvalue weighted by Crippen LogP contribution is 2.27. The van der Waals surface area contributed by atoms with E-state index in [1.54, 1.807) is 24.7 Å². The first-order valence-corrected chi connectivity index (χ1v) is 8.81. The minimum atomic E-state index is -0.729. The topological polar surface area (TPSA) is 126 Å². The van der Waals surface area contributed by atoms with E-state index < -0.39 is 18.2 Å². The average Bonchev–Trinajstić information content (AvgIpc) is 3.28. The van der Waals surface area contributed by atoms with Crippen molar-refractivity contribution >= 4 is 11.8 Å². The molecule has 2 aromatic rings. The van der Waals surface area contributed by atoms with Gasteiger partial charge in [-0.15, -0.1) is 5.10 Å². The number of nitrogens with one attached hydrogen (secondary N) is 1. The first-order valence-electron chi connectivity index (χ1n) is 8.81. The zero-order chi connectivity index (χ0) is 19.6. The van der Waals surface area contributed by atoms with Crippen LogP contribution in [0.15, 0.2) is 24.7 Å². The molecule has 1 saturated heterocycles.